The van der Waals surface area contributed by atoms with Crippen molar-refractivity contribution in [1.82, 2.24) is 4.57 Å². The molecule has 0 amide bonds. The van der Waals surface area contributed by atoms with Gasteiger partial charge in [0.05, 0.1) is 11.6 Å². The molecule has 0 aliphatic carbocycles. The fraction of sp³-hybridized carbons (Fsp3) is 0.0909. The number of aryl methyl sites for hydroxylation is 1. The number of rotatable bonds is 1. The van der Waals surface area contributed by atoms with Crippen LogP contribution < -0.4 is 0 Å². The Morgan fingerprint density at radius 2 is 2.29 bits per heavy atom. The molecule has 68 valence electrons. The maximum atomic E-state index is 10.7. The third-order valence-electron chi connectivity index (χ3n) is 2.28. The summed E-state index contributed by atoms with van der Waals surface area (Å²) in [7, 11) is 1.88. The first-order valence-corrected chi connectivity index (χ1v) is 4.20. The van der Waals surface area contributed by atoms with E-state index in [0.717, 1.165) is 17.2 Å². The van der Waals surface area contributed by atoms with Crippen LogP contribution in [0.1, 0.15) is 15.9 Å². The Morgan fingerprint density at radius 1 is 1.50 bits per heavy atom. The zero-order chi connectivity index (χ0) is 10.1. The molecule has 0 unspecified atom stereocenters. The van der Waals surface area contributed by atoms with Gasteiger partial charge in [0.15, 0.2) is 6.29 Å². The van der Waals surface area contributed by atoms with E-state index in [-0.39, 0.29) is 0 Å². The molecular formula is C11H8N2O. The molecular weight excluding hydrogens is 176 g/mol. The summed E-state index contributed by atoms with van der Waals surface area (Å²) in [5.41, 5.74) is 2.16. The highest BCUT2D eigenvalue weighted by atomic mass is 16.1. The van der Waals surface area contributed by atoms with Crippen LogP contribution in [0.4, 0.5) is 0 Å². The third-order valence-corrected chi connectivity index (χ3v) is 2.28. The molecule has 2 rings (SSSR count). The van der Waals surface area contributed by atoms with E-state index in [1.807, 2.05) is 17.7 Å². The van der Waals surface area contributed by atoms with E-state index in [1.54, 1.807) is 18.3 Å². The average molecular weight is 184 g/mol. The van der Waals surface area contributed by atoms with Gasteiger partial charge in [-0.15, -0.1) is 0 Å². The lowest BCUT2D eigenvalue weighted by molar-refractivity contribution is 0.112. The van der Waals surface area contributed by atoms with E-state index in [1.165, 1.54) is 0 Å². The van der Waals surface area contributed by atoms with E-state index in [9.17, 15) is 4.79 Å². The predicted molar refractivity (Wildman–Crippen MR) is 53.0 cm³/mol. The van der Waals surface area contributed by atoms with E-state index in [2.05, 4.69) is 6.07 Å². The Kier molecular flexibility index (Phi) is 1.83. The van der Waals surface area contributed by atoms with Crippen molar-refractivity contribution in [2.45, 2.75) is 0 Å². The lowest BCUT2D eigenvalue weighted by atomic mass is 10.1. The predicted octanol–water partition coefficient (Wildman–Crippen LogP) is 1.86. The van der Waals surface area contributed by atoms with Crippen molar-refractivity contribution in [1.29, 1.82) is 5.26 Å². The summed E-state index contributed by atoms with van der Waals surface area (Å²) < 4.78 is 1.88. The Hall–Kier alpha value is -2.08. The number of nitrogens with zero attached hydrogens (tertiary/aromatic N) is 2. The minimum atomic E-state index is 0.576. The summed E-state index contributed by atoms with van der Waals surface area (Å²) in [6, 6.07) is 7.38. The number of hydrogen-bond donors (Lipinski definition) is 0. The number of carbonyl (C=O) groups excluding carboxylic acids is 1. The van der Waals surface area contributed by atoms with Crippen molar-refractivity contribution in [2.24, 2.45) is 7.05 Å². The first kappa shape index (κ1) is 8.52. The van der Waals surface area contributed by atoms with Crippen LogP contribution in [0.5, 0.6) is 0 Å². The van der Waals surface area contributed by atoms with E-state index in [4.69, 9.17) is 5.26 Å². The molecule has 0 radical (unpaired) electrons. The maximum absolute atomic E-state index is 10.7. The molecule has 0 saturated heterocycles. The van der Waals surface area contributed by atoms with E-state index in [0.29, 0.717) is 11.1 Å². The van der Waals surface area contributed by atoms with Crippen molar-refractivity contribution in [3.8, 4) is 6.07 Å². The topological polar surface area (TPSA) is 45.8 Å². The van der Waals surface area contributed by atoms with Crippen LogP contribution in [0, 0.1) is 11.3 Å². The van der Waals surface area contributed by atoms with Crippen molar-refractivity contribution in [3.05, 3.63) is 35.5 Å². The maximum Gasteiger partial charge on any atom is 0.152 e. The SMILES string of the molecule is Cn1cc(C=O)c2cc(C#N)ccc21. The summed E-state index contributed by atoms with van der Waals surface area (Å²) >= 11 is 0. The normalized spacial score (nSPS) is 10.0. The Bertz CT molecular complexity index is 546. The standard InChI is InChI=1S/C11H8N2O/c1-13-6-9(7-14)10-4-8(5-12)2-3-11(10)13/h2-4,6-7H,1H3. The van der Waals surface area contributed by atoms with Gasteiger partial charge in [0.25, 0.3) is 0 Å². The number of hydrogen-bond acceptors (Lipinski definition) is 2. The molecule has 1 heterocycles. The second kappa shape index (κ2) is 3.00. The summed E-state index contributed by atoms with van der Waals surface area (Å²) in [4.78, 5) is 10.7. The number of nitriles is 1. The number of carbonyl (C=O) groups is 1. The number of aldehydes is 1. The Labute approximate surface area is 81.2 Å². The molecule has 0 spiro atoms. The van der Waals surface area contributed by atoms with Gasteiger partial charge in [-0.2, -0.15) is 5.26 Å². The molecule has 0 saturated carbocycles. The van der Waals surface area contributed by atoms with Gasteiger partial charge >= 0.3 is 0 Å². The molecule has 1 aromatic carbocycles. The highest BCUT2D eigenvalue weighted by Crippen LogP contribution is 2.20. The highest BCUT2D eigenvalue weighted by molar-refractivity contribution is 5.98. The zero-order valence-corrected chi connectivity index (χ0v) is 7.69. The van der Waals surface area contributed by atoms with Crippen molar-refractivity contribution >= 4 is 17.2 Å². The molecule has 14 heavy (non-hydrogen) atoms. The Balaban J connectivity index is 2.86. The van der Waals surface area contributed by atoms with Gasteiger partial charge in [0, 0.05) is 29.7 Å². The minimum Gasteiger partial charge on any atom is -0.350 e. The number of aromatic nitrogens is 1. The van der Waals surface area contributed by atoms with Crippen LogP contribution in [-0.2, 0) is 7.05 Å². The van der Waals surface area contributed by atoms with Gasteiger partial charge in [0.1, 0.15) is 0 Å². The molecule has 2 aromatic rings. The summed E-state index contributed by atoms with van der Waals surface area (Å²) in [5, 5.41) is 9.56. The molecule has 1 aromatic heterocycles. The van der Waals surface area contributed by atoms with Crippen molar-refractivity contribution < 1.29 is 4.79 Å². The first-order chi connectivity index (χ1) is 6.76. The molecule has 0 aliphatic rings. The lowest BCUT2D eigenvalue weighted by Gasteiger charge is -1.95. The third kappa shape index (κ3) is 1.09. The molecule has 3 nitrogen and oxygen atoms in total. The molecule has 0 aliphatic heterocycles. The molecule has 0 N–H and O–H groups in total. The average Bonchev–Trinajstić information content (AvgIpc) is 2.55. The second-order valence-corrected chi connectivity index (χ2v) is 3.16. The van der Waals surface area contributed by atoms with Crippen LogP contribution in [0.3, 0.4) is 0 Å². The van der Waals surface area contributed by atoms with E-state index < -0.39 is 0 Å². The van der Waals surface area contributed by atoms with Gasteiger partial charge in [-0.25, -0.2) is 0 Å². The number of fused-ring (bicyclic) bond motifs is 1. The largest absolute Gasteiger partial charge is 0.350 e. The van der Waals surface area contributed by atoms with Gasteiger partial charge in [-0.1, -0.05) is 0 Å². The summed E-state index contributed by atoms with van der Waals surface area (Å²) in [5.74, 6) is 0. The molecule has 0 fully saturated rings. The lowest BCUT2D eigenvalue weighted by Crippen LogP contribution is -1.83. The molecule has 0 bridgehead atoms. The highest BCUT2D eigenvalue weighted by Gasteiger charge is 2.05. The van der Waals surface area contributed by atoms with Crippen LogP contribution in [0.2, 0.25) is 0 Å². The fourth-order valence-electron chi connectivity index (χ4n) is 1.59. The summed E-state index contributed by atoms with van der Waals surface area (Å²) in [6.07, 6.45) is 2.57. The summed E-state index contributed by atoms with van der Waals surface area (Å²) in [6.45, 7) is 0. The number of benzene rings is 1. The first-order valence-electron chi connectivity index (χ1n) is 4.20. The van der Waals surface area contributed by atoms with Crippen LogP contribution in [-0.4, -0.2) is 10.9 Å². The molecule has 0 atom stereocenters. The second-order valence-electron chi connectivity index (χ2n) is 3.16. The fourth-order valence-corrected chi connectivity index (χ4v) is 1.59. The van der Waals surface area contributed by atoms with Crippen molar-refractivity contribution in [3.63, 3.8) is 0 Å². The van der Waals surface area contributed by atoms with Gasteiger partial charge in [-0.05, 0) is 18.2 Å². The minimum absolute atomic E-state index is 0.576. The van der Waals surface area contributed by atoms with Crippen LogP contribution in [0.15, 0.2) is 24.4 Å². The van der Waals surface area contributed by atoms with E-state index >= 15 is 0 Å². The zero-order valence-electron chi connectivity index (χ0n) is 7.69. The van der Waals surface area contributed by atoms with Gasteiger partial charge < -0.3 is 4.57 Å². The quantitative estimate of drug-likeness (QED) is 0.635. The van der Waals surface area contributed by atoms with Crippen LogP contribution in [0.25, 0.3) is 10.9 Å². The smallest absolute Gasteiger partial charge is 0.152 e. The van der Waals surface area contributed by atoms with Gasteiger partial charge in [0.2, 0.25) is 0 Å². The molecule has 3 heteroatoms. The van der Waals surface area contributed by atoms with Crippen molar-refractivity contribution in [2.75, 3.05) is 0 Å². The monoisotopic (exact) mass is 184 g/mol. The van der Waals surface area contributed by atoms with Gasteiger partial charge in [-0.3, -0.25) is 4.79 Å². The Morgan fingerprint density at radius 3 is 2.93 bits per heavy atom. The van der Waals surface area contributed by atoms with Crippen LogP contribution >= 0.6 is 0 Å².